The van der Waals surface area contributed by atoms with E-state index in [4.69, 9.17) is 0 Å². The lowest BCUT2D eigenvalue weighted by atomic mass is 9.86. The molecule has 0 aliphatic carbocycles. The molecule has 1 aromatic rings. The minimum absolute atomic E-state index is 0.0560. The molecule has 0 aromatic carbocycles. The van der Waals surface area contributed by atoms with Crippen LogP contribution < -0.4 is 5.32 Å². The summed E-state index contributed by atoms with van der Waals surface area (Å²) in [5.74, 6) is -1.45. The van der Waals surface area contributed by atoms with E-state index in [9.17, 15) is 18.0 Å². The molecule has 124 valence electrons. The summed E-state index contributed by atoms with van der Waals surface area (Å²) in [7, 11) is 0. The number of nitrogens with one attached hydrogen (secondary N) is 1. The Hall–Kier alpha value is -1.80. The molecule has 0 bridgehead atoms. The van der Waals surface area contributed by atoms with Crippen LogP contribution in [0.5, 0.6) is 0 Å². The quantitative estimate of drug-likeness (QED) is 0.928. The average Bonchev–Trinajstić information content (AvgIpc) is 2.96. The molecule has 1 aromatic heterocycles. The van der Waals surface area contributed by atoms with Crippen molar-refractivity contribution in [3.8, 4) is 0 Å². The van der Waals surface area contributed by atoms with Gasteiger partial charge in [-0.15, -0.1) is 0 Å². The van der Waals surface area contributed by atoms with Gasteiger partial charge < -0.3 is 14.7 Å². The molecule has 0 spiro atoms. The van der Waals surface area contributed by atoms with Crippen molar-refractivity contribution < 1.29 is 22.5 Å². The van der Waals surface area contributed by atoms with Gasteiger partial charge in [0.15, 0.2) is 0 Å². The van der Waals surface area contributed by atoms with E-state index in [-0.39, 0.29) is 36.3 Å². The first-order valence-electron chi connectivity index (χ1n) is 7.05. The van der Waals surface area contributed by atoms with Crippen LogP contribution in [0.4, 0.5) is 18.0 Å². The van der Waals surface area contributed by atoms with Gasteiger partial charge in [-0.05, 0) is 18.8 Å². The van der Waals surface area contributed by atoms with Gasteiger partial charge >= 0.3 is 12.2 Å². The summed E-state index contributed by atoms with van der Waals surface area (Å²) in [4.78, 5) is 17.0. The predicted octanol–water partition coefficient (Wildman–Crippen LogP) is 2.46. The Morgan fingerprint density at radius 1 is 1.50 bits per heavy atom. The van der Waals surface area contributed by atoms with Crippen molar-refractivity contribution in [2.45, 2.75) is 45.8 Å². The van der Waals surface area contributed by atoms with E-state index in [2.05, 4.69) is 33.8 Å². The van der Waals surface area contributed by atoms with E-state index < -0.39 is 12.0 Å². The van der Waals surface area contributed by atoms with Gasteiger partial charge in [0, 0.05) is 25.6 Å². The van der Waals surface area contributed by atoms with Gasteiger partial charge in [-0.2, -0.15) is 18.2 Å². The number of rotatable bonds is 3. The first-order valence-corrected chi connectivity index (χ1v) is 7.05. The number of amides is 2. The molecule has 1 unspecified atom stereocenters. The summed E-state index contributed by atoms with van der Waals surface area (Å²) in [5, 5.41) is 5.53. The maximum absolute atomic E-state index is 12.3. The van der Waals surface area contributed by atoms with Crippen LogP contribution in [0.15, 0.2) is 4.52 Å². The van der Waals surface area contributed by atoms with Crippen molar-refractivity contribution >= 4 is 6.03 Å². The zero-order valence-corrected chi connectivity index (χ0v) is 12.7. The summed E-state index contributed by atoms with van der Waals surface area (Å²) in [5.41, 5.74) is 0.0609. The highest BCUT2D eigenvalue weighted by atomic mass is 19.4. The Balaban J connectivity index is 1.82. The second-order valence-electron chi connectivity index (χ2n) is 6.10. The largest absolute Gasteiger partial charge is 0.455 e. The topological polar surface area (TPSA) is 71.3 Å². The van der Waals surface area contributed by atoms with Crippen molar-refractivity contribution in [2.24, 2.45) is 5.41 Å². The van der Waals surface area contributed by atoms with E-state index in [1.54, 1.807) is 4.90 Å². The first-order chi connectivity index (χ1) is 10.1. The van der Waals surface area contributed by atoms with Crippen molar-refractivity contribution in [1.82, 2.24) is 20.4 Å². The molecule has 2 rings (SSSR count). The molecule has 1 aliphatic heterocycles. The Morgan fingerprint density at radius 2 is 2.18 bits per heavy atom. The van der Waals surface area contributed by atoms with Crippen molar-refractivity contribution in [3.63, 3.8) is 0 Å². The van der Waals surface area contributed by atoms with Gasteiger partial charge in [0.25, 0.3) is 5.82 Å². The molecule has 1 saturated heterocycles. The Bertz CT molecular complexity index is 542. The summed E-state index contributed by atoms with van der Waals surface area (Å²) in [6.07, 6.45) is -3.65. The lowest BCUT2D eigenvalue weighted by Gasteiger charge is -2.29. The first kappa shape index (κ1) is 16.6. The molecule has 1 fully saturated rings. The zero-order valence-electron chi connectivity index (χ0n) is 12.7. The molecule has 0 saturated carbocycles. The van der Waals surface area contributed by atoms with Crippen LogP contribution in [0.25, 0.3) is 0 Å². The number of urea groups is 1. The predicted molar refractivity (Wildman–Crippen MR) is 71.0 cm³/mol. The highest BCUT2D eigenvalue weighted by Gasteiger charge is 2.39. The molecular formula is C13H19F3N4O2. The number of nitrogens with zero attached hydrogens (tertiary/aromatic N) is 3. The minimum atomic E-state index is -4.62. The molecule has 1 N–H and O–H groups in total. The number of alkyl halides is 3. The smallest absolute Gasteiger partial charge is 0.339 e. The third-order valence-electron chi connectivity index (χ3n) is 4.19. The lowest BCUT2D eigenvalue weighted by molar-refractivity contribution is -0.146. The van der Waals surface area contributed by atoms with Gasteiger partial charge in [-0.1, -0.05) is 19.0 Å². The monoisotopic (exact) mass is 320 g/mol. The van der Waals surface area contributed by atoms with Crippen molar-refractivity contribution in [3.05, 3.63) is 11.7 Å². The summed E-state index contributed by atoms with van der Waals surface area (Å²) in [6.45, 7) is 6.99. The fourth-order valence-corrected chi connectivity index (χ4v) is 2.36. The van der Waals surface area contributed by atoms with Crippen LogP contribution in [0.2, 0.25) is 0 Å². The SMILES string of the molecule is CC1N(C(=O)NCCc2nc(C(F)(F)F)no2)CCC1(C)C. The molecule has 1 atom stereocenters. The van der Waals surface area contributed by atoms with Gasteiger partial charge in [0.2, 0.25) is 5.89 Å². The third-order valence-corrected chi connectivity index (χ3v) is 4.19. The van der Waals surface area contributed by atoms with E-state index in [0.717, 1.165) is 6.42 Å². The van der Waals surface area contributed by atoms with E-state index in [1.165, 1.54) is 0 Å². The molecule has 6 nitrogen and oxygen atoms in total. The number of halogens is 3. The Morgan fingerprint density at radius 3 is 2.68 bits per heavy atom. The highest BCUT2D eigenvalue weighted by Crippen LogP contribution is 2.35. The van der Waals surface area contributed by atoms with Crippen molar-refractivity contribution in [2.75, 3.05) is 13.1 Å². The molecule has 1 aliphatic rings. The summed E-state index contributed by atoms with van der Waals surface area (Å²) < 4.78 is 41.4. The van der Waals surface area contributed by atoms with Crippen molar-refractivity contribution in [1.29, 1.82) is 0 Å². The van der Waals surface area contributed by atoms with Crippen LogP contribution in [0.3, 0.4) is 0 Å². The van der Waals surface area contributed by atoms with Gasteiger partial charge in [0.05, 0.1) is 0 Å². The van der Waals surface area contributed by atoms with Crippen LogP contribution in [-0.4, -0.2) is 40.2 Å². The number of carbonyl (C=O) groups excluding carboxylic acids is 1. The molecule has 0 radical (unpaired) electrons. The lowest BCUT2D eigenvalue weighted by Crippen LogP contribution is -2.44. The van der Waals surface area contributed by atoms with Gasteiger partial charge in [-0.3, -0.25) is 0 Å². The fourth-order valence-electron chi connectivity index (χ4n) is 2.36. The molecular weight excluding hydrogens is 301 g/mol. The second-order valence-corrected chi connectivity index (χ2v) is 6.10. The average molecular weight is 320 g/mol. The molecule has 9 heteroatoms. The Labute approximate surface area is 126 Å². The van der Waals surface area contributed by atoms with E-state index in [0.29, 0.717) is 6.54 Å². The number of hydrogen-bond acceptors (Lipinski definition) is 4. The summed E-state index contributed by atoms with van der Waals surface area (Å²) >= 11 is 0. The number of aromatic nitrogens is 2. The van der Waals surface area contributed by atoms with E-state index in [1.807, 2.05) is 6.92 Å². The fraction of sp³-hybridized carbons (Fsp3) is 0.769. The molecule has 2 amide bonds. The highest BCUT2D eigenvalue weighted by molar-refractivity contribution is 5.75. The minimum Gasteiger partial charge on any atom is -0.339 e. The second kappa shape index (κ2) is 5.77. The Kier molecular flexibility index (Phi) is 4.35. The molecule has 22 heavy (non-hydrogen) atoms. The maximum atomic E-state index is 12.3. The normalized spacial score (nSPS) is 21.2. The van der Waals surface area contributed by atoms with E-state index >= 15 is 0 Å². The maximum Gasteiger partial charge on any atom is 0.455 e. The number of carbonyl (C=O) groups is 1. The van der Waals surface area contributed by atoms with Crippen LogP contribution >= 0.6 is 0 Å². The van der Waals surface area contributed by atoms with Gasteiger partial charge in [-0.25, -0.2) is 4.79 Å². The van der Waals surface area contributed by atoms with Crippen LogP contribution in [0.1, 0.15) is 38.9 Å². The third kappa shape index (κ3) is 3.50. The molecule has 2 heterocycles. The van der Waals surface area contributed by atoms with Crippen LogP contribution in [0, 0.1) is 5.41 Å². The van der Waals surface area contributed by atoms with Gasteiger partial charge in [0.1, 0.15) is 0 Å². The summed E-state index contributed by atoms with van der Waals surface area (Å²) in [6, 6.07) is -0.124. The number of hydrogen-bond donors (Lipinski definition) is 1. The number of likely N-dealkylation sites (tertiary alicyclic amines) is 1. The zero-order chi connectivity index (χ0) is 16.5. The van der Waals surface area contributed by atoms with Crippen LogP contribution in [-0.2, 0) is 12.6 Å². The standard InChI is InChI=1S/C13H19F3N4O2/c1-8-12(2,3)5-7-20(8)11(21)17-6-4-9-18-10(19-22-9)13(14,15)16/h8H,4-7H2,1-3H3,(H,17,21).